The van der Waals surface area contributed by atoms with E-state index in [0.717, 1.165) is 25.7 Å². The summed E-state index contributed by atoms with van der Waals surface area (Å²) in [6.45, 7) is -0.0806. The first-order chi connectivity index (χ1) is 8.31. The van der Waals surface area contributed by atoms with Crippen LogP contribution in [0.3, 0.4) is 0 Å². The average molecular weight is 234 g/mol. The molecule has 0 radical (unpaired) electrons. The Kier molecular flexibility index (Phi) is 4.09. The van der Waals surface area contributed by atoms with Crippen LogP contribution in [0.1, 0.15) is 37.7 Å². The number of carbonyl (C=O) groups is 1. The molecule has 0 aliphatic heterocycles. The molecule has 1 heterocycles. The van der Waals surface area contributed by atoms with E-state index in [0.29, 0.717) is 11.3 Å². The molecule has 92 valence electrons. The van der Waals surface area contributed by atoms with Crippen molar-refractivity contribution in [2.75, 3.05) is 5.32 Å². The highest BCUT2D eigenvalue weighted by Crippen LogP contribution is 2.25. The summed E-state index contributed by atoms with van der Waals surface area (Å²) < 4.78 is 0. The van der Waals surface area contributed by atoms with Crippen LogP contribution in [0.4, 0.5) is 5.69 Å². The molecule has 1 aliphatic carbocycles. The van der Waals surface area contributed by atoms with Crippen molar-refractivity contribution in [2.24, 2.45) is 5.92 Å². The first-order valence-electron chi connectivity index (χ1n) is 6.16. The molecule has 17 heavy (non-hydrogen) atoms. The normalized spacial score (nSPS) is 16.8. The van der Waals surface area contributed by atoms with Crippen molar-refractivity contribution < 1.29 is 9.90 Å². The van der Waals surface area contributed by atoms with Crippen LogP contribution >= 0.6 is 0 Å². The van der Waals surface area contributed by atoms with Crippen molar-refractivity contribution in [1.29, 1.82) is 0 Å². The molecule has 1 amide bonds. The highest BCUT2D eigenvalue weighted by atomic mass is 16.3. The van der Waals surface area contributed by atoms with Gasteiger partial charge in [0.25, 0.3) is 0 Å². The second kappa shape index (κ2) is 5.77. The third-order valence-electron chi connectivity index (χ3n) is 3.32. The van der Waals surface area contributed by atoms with Crippen molar-refractivity contribution >= 4 is 11.6 Å². The molecule has 1 fully saturated rings. The number of aromatic nitrogens is 1. The molecule has 4 nitrogen and oxygen atoms in total. The summed E-state index contributed by atoms with van der Waals surface area (Å²) in [4.78, 5) is 16.0. The molecule has 2 N–H and O–H groups in total. The number of hydrogen-bond donors (Lipinski definition) is 2. The van der Waals surface area contributed by atoms with Gasteiger partial charge in [0.1, 0.15) is 0 Å². The number of hydrogen-bond acceptors (Lipinski definition) is 3. The third-order valence-corrected chi connectivity index (χ3v) is 3.32. The molecule has 1 saturated carbocycles. The molecule has 1 aliphatic rings. The highest BCUT2D eigenvalue weighted by molar-refractivity contribution is 5.93. The van der Waals surface area contributed by atoms with Gasteiger partial charge in [-0.1, -0.05) is 19.3 Å². The van der Waals surface area contributed by atoms with E-state index < -0.39 is 0 Å². The molecule has 0 spiro atoms. The van der Waals surface area contributed by atoms with E-state index in [9.17, 15) is 4.79 Å². The predicted octanol–water partition coefficient (Wildman–Crippen LogP) is 2.09. The fourth-order valence-electron chi connectivity index (χ4n) is 2.27. The van der Waals surface area contributed by atoms with Crippen LogP contribution in [0.2, 0.25) is 0 Å². The van der Waals surface area contributed by atoms with Crippen molar-refractivity contribution in [3.05, 3.63) is 24.0 Å². The lowest BCUT2D eigenvalue weighted by molar-refractivity contribution is -0.120. The van der Waals surface area contributed by atoms with E-state index >= 15 is 0 Å². The maximum absolute atomic E-state index is 12.0. The fourth-order valence-corrected chi connectivity index (χ4v) is 2.27. The van der Waals surface area contributed by atoms with Gasteiger partial charge in [-0.15, -0.1) is 0 Å². The standard InChI is InChI=1S/C13H18N2O2/c16-9-11-6-7-14-8-12(11)15-13(17)10-4-2-1-3-5-10/h6-8,10,16H,1-5,9H2,(H,15,17). The Morgan fingerprint density at radius 1 is 1.41 bits per heavy atom. The third kappa shape index (κ3) is 3.03. The van der Waals surface area contributed by atoms with Crippen LogP contribution in [0, 0.1) is 5.92 Å². The molecule has 1 aromatic heterocycles. The first-order valence-corrected chi connectivity index (χ1v) is 6.16. The number of anilines is 1. The second-order valence-corrected chi connectivity index (χ2v) is 4.52. The van der Waals surface area contributed by atoms with Crippen LogP contribution in [0.5, 0.6) is 0 Å². The monoisotopic (exact) mass is 234 g/mol. The Hall–Kier alpha value is -1.42. The Bertz CT molecular complexity index is 387. The van der Waals surface area contributed by atoms with E-state index in [4.69, 9.17) is 5.11 Å². The number of amides is 1. The fraction of sp³-hybridized carbons (Fsp3) is 0.538. The number of nitrogens with one attached hydrogen (secondary N) is 1. The van der Waals surface area contributed by atoms with Crippen molar-refractivity contribution in [1.82, 2.24) is 4.98 Å². The molecule has 2 rings (SSSR count). The minimum absolute atomic E-state index is 0.0624. The minimum atomic E-state index is -0.0806. The van der Waals surface area contributed by atoms with E-state index in [1.807, 2.05) is 0 Å². The zero-order valence-electron chi connectivity index (χ0n) is 9.85. The Balaban J connectivity index is 2.01. The summed E-state index contributed by atoms with van der Waals surface area (Å²) in [5.41, 5.74) is 1.34. The van der Waals surface area contributed by atoms with Gasteiger partial charge < -0.3 is 10.4 Å². The number of rotatable bonds is 3. The van der Waals surface area contributed by atoms with Gasteiger partial charge in [0.15, 0.2) is 0 Å². The van der Waals surface area contributed by atoms with E-state index in [1.54, 1.807) is 18.5 Å². The maximum atomic E-state index is 12.0. The lowest BCUT2D eigenvalue weighted by Gasteiger charge is -2.21. The van der Waals surface area contributed by atoms with Gasteiger partial charge in [-0.05, 0) is 18.9 Å². The van der Waals surface area contributed by atoms with Crippen LogP contribution in [-0.4, -0.2) is 16.0 Å². The van der Waals surface area contributed by atoms with E-state index in [-0.39, 0.29) is 18.4 Å². The van der Waals surface area contributed by atoms with Gasteiger partial charge in [0, 0.05) is 17.7 Å². The quantitative estimate of drug-likeness (QED) is 0.841. The molecular formula is C13H18N2O2. The van der Waals surface area contributed by atoms with Gasteiger partial charge in [0.2, 0.25) is 5.91 Å². The average Bonchev–Trinajstić information content (AvgIpc) is 2.40. The molecule has 0 unspecified atom stereocenters. The van der Waals surface area contributed by atoms with Crippen LogP contribution in [0.25, 0.3) is 0 Å². The van der Waals surface area contributed by atoms with Gasteiger partial charge >= 0.3 is 0 Å². The van der Waals surface area contributed by atoms with Crippen LogP contribution in [0.15, 0.2) is 18.5 Å². The second-order valence-electron chi connectivity index (χ2n) is 4.52. The molecule has 0 atom stereocenters. The zero-order chi connectivity index (χ0) is 12.1. The largest absolute Gasteiger partial charge is 0.392 e. The molecule has 0 aromatic carbocycles. The van der Waals surface area contributed by atoms with Gasteiger partial charge in [0.05, 0.1) is 18.5 Å². The van der Waals surface area contributed by atoms with Gasteiger partial charge in [-0.2, -0.15) is 0 Å². The Labute approximate surface area is 101 Å². The number of aliphatic hydroxyl groups is 1. The van der Waals surface area contributed by atoms with Crippen LogP contribution < -0.4 is 5.32 Å². The SMILES string of the molecule is O=C(Nc1cnccc1CO)C1CCCCC1. The summed E-state index contributed by atoms with van der Waals surface area (Å²) in [5.74, 6) is 0.183. The Morgan fingerprint density at radius 3 is 2.88 bits per heavy atom. The van der Waals surface area contributed by atoms with Crippen LogP contribution in [-0.2, 0) is 11.4 Å². The molecule has 0 bridgehead atoms. The molecule has 4 heteroatoms. The first kappa shape index (κ1) is 12.0. The summed E-state index contributed by atoms with van der Waals surface area (Å²) >= 11 is 0. The van der Waals surface area contributed by atoms with Gasteiger partial charge in [-0.3, -0.25) is 9.78 Å². The molecule has 0 saturated heterocycles. The smallest absolute Gasteiger partial charge is 0.227 e. The number of pyridine rings is 1. The van der Waals surface area contributed by atoms with Gasteiger partial charge in [-0.25, -0.2) is 0 Å². The van der Waals surface area contributed by atoms with E-state index in [2.05, 4.69) is 10.3 Å². The highest BCUT2D eigenvalue weighted by Gasteiger charge is 2.21. The van der Waals surface area contributed by atoms with Crippen molar-refractivity contribution in [3.8, 4) is 0 Å². The topological polar surface area (TPSA) is 62.2 Å². The number of nitrogens with zero attached hydrogens (tertiary/aromatic N) is 1. The zero-order valence-corrected chi connectivity index (χ0v) is 9.85. The van der Waals surface area contributed by atoms with Crippen molar-refractivity contribution in [2.45, 2.75) is 38.7 Å². The lowest BCUT2D eigenvalue weighted by atomic mass is 9.88. The maximum Gasteiger partial charge on any atom is 0.227 e. The number of carbonyl (C=O) groups excluding carboxylic acids is 1. The minimum Gasteiger partial charge on any atom is -0.392 e. The Morgan fingerprint density at radius 2 is 2.18 bits per heavy atom. The lowest BCUT2D eigenvalue weighted by Crippen LogP contribution is -2.25. The summed E-state index contributed by atoms with van der Waals surface area (Å²) in [7, 11) is 0. The van der Waals surface area contributed by atoms with E-state index in [1.165, 1.54) is 6.42 Å². The number of aliphatic hydroxyl groups excluding tert-OH is 1. The molecule has 1 aromatic rings. The molecular weight excluding hydrogens is 216 g/mol. The summed E-state index contributed by atoms with van der Waals surface area (Å²) in [5, 5.41) is 12.0. The summed E-state index contributed by atoms with van der Waals surface area (Å²) in [6.07, 6.45) is 8.66. The van der Waals surface area contributed by atoms with Crippen molar-refractivity contribution in [3.63, 3.8) is 0 Å². The predicted molar refractivity (Wildman–Crippen MR) is 65.4 cm³/mol. The summed E-state index contributed by atoms with van der Waals surface area (Å²) in [6, 6.07) is 1.72.